The number of methoxy groups -OCH3 is 1. The molecule has 0 saturated heterocycles. The van der Waals surface area contributed by atoms with Gasteiger partial charge in [0.2, 0.25) is 0 Å². The summed E-state index contributed by atoms with van der Waals surface area (Å²) in [6, 6.07) is 0. The third-order valence-corrected chi connectivity index (χ3v) is 2.44. The van der Waals surface area contributed by atoms with Gasteiger partial charge in [-0.1, -0.05) is 19.8 Å². The van der Waals surface area contributed by atoms with Crippen LogP contribution in [0.3, 0.4) is 0 Å². The molecular weight excluding hydrogens is 208 g/mol. The molecule has 0 aliphatic carbocycles. The highest BCUT2D eigenvalue weighted by Gasteiger charge is 2.19. The molecule has 0 aromatic carbocycles. The molecule has 0 rings (SSSR count). The molecule has 0 radical (unpaired) electrons. The van der Waals surface area contributed by atoms with Gasteiger partial charge in [-0.15, -0.1) is 0 Å². The molecule has 1 atom stereocenters. The number of hydrogen-bond donors (Lipinski definition) is 0. The van der Waals surface area contributed by atoms with Crippen LogP contribution in [0.15, 0.2) is 0 Å². The number of unbranched alkanes of at least 4 members (excludes halogenated alkanes) is 1. The van der Waals surface area contributed by atoms with Gasteiger partial charge >= 0.3 is 11.9 Å². The first-order chi connectivity index (χ1) is 7.65. The van der Waals surface area contributed by atoms with Crippen molar-refractivity contribution in [3.63, 3.8) is 0 Å². The fourth-order valence-electron chi connectivity index (χ4n) is 1.52. The standard InChI is InChI=1S/C12H22O4/c1-4-6-7-10(12(14)15-3)8-9-11(13)16-5-2/h10H,4-9H2,1-3H3. The SMILES string of the molecule is CCCCC(CCC(=O)OCC)C(=O)OC. The fourth-order valence-corrected chi connectivity index (χ4v) is 1.52. The number of carbonyl (C=O) groups excluding carboxylic acids is 2. The lowest BCUT2D eigenvalue weighted by Crippen LogP contribution is -2.18. The second kappa shape index (κ2) is 9.19. The van der Waals surface area contributed by atoms with Gasteiger partial charge in [-0.25, -0.2) is 0 Å². The molecule has 0 fully saturated rings. The molecule has 0 spiro atoms. The summed E-state index contributed by atoms with van der Waals surface area (Å²) in [6.45, 7) is 4.23. The first-order valence-corrected chi connectivity index (χ1v) is 5.89. The van der Waals surface area contributed by atoms with Gasteiger partial charge in [0.05, 0.1) is 19.6 Å². The Bertz CT molecular complexity index is 213. The molecule has 0 aliphatic heterocycles. The molecule has 0 amide bonds. The summed E-state index contributed by atoms with van der Waals surface area (Å²) >= 11 is 0. The highest BCUT2D eigenvalue weighted by Crippen LogP contribution is 2.16. The van der Waals surface area contributed by atoms with E-state index in [4.69, 9.17) is 9.47 Å². The van der Waals surface area contributed by atoms with Crippen molar-refractivity contribution in [2.75, 3.05) is 13.7 Å². The second-order valence-corrected chi connectivity index (χ2v) is 3.71. The molecule has 4 heteroatoms. The first-order valence-electron chi connectivity index (χ1n) is 5.89. The highest BCUT2D eigenvalue weighted by molar-refractivity contribution is 5.74. The second-order valence-electron chi connectivity index (χ2n) is 3.71. The van der Waals surface area contributed by atoms with Crippen molar-refractivity contribution in [1.82, 2.24) is 0 Å². The predicted molar refractivity (Wildman–Crippen MR) is 60.9 cm³/mol. The maximum Gasteiger partial charge on any atom is 0.308 e. The van der Waals surface area contributed by atoms with E-state index in [2.05, 4.69) is 6.92 Å². The van der Waals surface area contributed by atoms with Crippen molar-refractivity contribution in [3.05, 3.63) is 0 Å². The summed E-state index contributed by atoms with van der Waals surface area (Å²) in [5, 5.41) is 0. The smallest absolute Gasteiger partial charge is 0.308 e. The van der Waals surface area contributed by atoms with Crippen molar-refractivity contribution >= 4 is 11.9 Å². The van der Waals surface area contributed by atoms with E-state index >= 15 is 0 Å². The number of ether oxygens (including phenoxy) is 2. The summed E-state index contributed by atoms with van der Waals surface area (Å²) in [5.74, 6) is -0.639. The summed E-state index contributed by atoms with van der Waals surface area (Å²) in [6.07, 6.45) is 3.60. The lowest BCUT2D eigenvalue weighted by atomic mass is 9.97. The van der Waals surface area contributed by atoms with Crippen LogP contribution in [0.5, 0.6) is 0 Å². The highest BCUT2D eigenvalue weighted by atomic mass is 16.5. The zero-order valence-corrected chi connectivity index (χ0v) is 10.5. The van der Waals surface area contributed by atoms with E-state index in [0.717, 1.165) is 19.3 Å². The van der Waals surface area contributed by atoms with Gasteiger partial charge in [-0.05, 0) is 19.8 Å². The minimum Gasteiger partial charge on any atom is -0.469 e. The van der Waals surface area contributed by atoms with Gasteiger partial charge in [-0.2, -0.15) is 0 Å². The quantitative estimate of drug-likeness (QED) is 0.600. The summed E-state index contributed by atoms with van der Waals surface area (Å²) in [5.41, 5.74) is 0. The van der Waals surface area contributed by atoms with E-state index in [1.165, 1.54) is 7.11 Å². The van der Waals surface area contributed by atoms with E-state index in [1.54, 1.807) is 6.92 Å². The lowest BCUT2D eigenvalue weighted by molar-refractivity contribution is -0.147. The molecular formula is C12H22O4. The Morgan fingerprint density at radius 3 is 2.38 bits per heavy atom. The monoisotopic (exact) mass is 230 g/mol. The zero-order chi connectivity index (χ0) is 12.4. The fraction of sp³-hybridized carbons (Fsp3) is 0.833. The summed E-state index contributed by atoms with van der Waals surface area (Å²) in [4.78, 5) is 22.6. The Balaban J connectivity index is 4.00. The first kappa shape index (κ1) is 14.9. The Labute approximate surface area is 97.3 Å². The molecule has 94 valence electrons. The Hall–Kier alpha value is -1.06. The molecule has 0 bridgehead atoms. The molecule has 0 heterocycles. The van der Waals surface area contributed by atoms with Gasteiger partial charge in [0.15, 0.2) is 0 Å². The van der Waals surface area contributed by atoms with Crippen LogP contribution in [0.4, 0.5) is 0 Å². The van der Waals surface area contributed by atoms with Crippen molar-refractivity contribution in [3.8, 4) is 0 Å². The lowest BCUT2D eigenvalue weighted by Gasteiger charge is -2.13. The van der Waals surface area contributed by atoms with E-state index < -0.39 is 0 Å². The van der Waals surface area contributed by atoms with Crippen LogP contribution in [-0.4, -0.2) is 25.7 Å². The molecule has 0 aliphatic rings. The molecule has 4 nitrogen and oxygen atoms in total. The van der Waals surface area contributed by atoms with Gasteiger partial charge < -0.3 is 9.47 Å². The summed E-state index contributed by atoms with van der Waals surface area (Å²) < 4.78 is 9.53. The number of rotatable bonds is 8. The number of hydrogen-bond acceptors (Lipinski definition) is 4. The van der Waals surface area contributed by atoms with Crippen molar-refractivity contribution in [2.24, 2.45) is 5.92 Å². The van der Waals surface area contributed by atoms with E-state index in [-0.39, 0.29) is 24.3 Å². The van der Waals surface area contributed by atoms with Crippen LogP contribution in [0.1, 0.15) is 46.0 Å². The van der Waals surface area contributed by atoms with E-state index in [0.29, 0.717) is 13.0 Å². The molecule has 0 aromatic heterocycles. The average molecular weight is 230 g/mol. The predicted octanol–water partition coefficient (Wildman–Crippen LogP) is 2.31. The van der Waals surface area contributed by atoms with Crippen molar-refractivity contribution < 1.29 is 19.1 Å². The third kappa shape index (κ3) is 6.43. The zero-order valence-electron chi connectivity index (χ0n) is 10.5. The maximum absolute atomic E-state index is 11.4. The van der Waals surface area contributed by atoms with Crippen LogP contribution in [0.25, 0.3) is 0 Å². The van der Waals surface area contributed by atoms with Gasteiger partial charge in [0.25, 0.3) is 0 Å². The molecule has 0 aromatic rings. The maximum atomic E-state index is 11.4. The Morgan fingerprint density at radius 2 is 1.88 bits per heavy atom. The number of esters is 2. The summed E-state index contributed by atoms with van der Waals surface area (Å²) in [7, 11) is 1.38. The van der Waals surface area contributed by atoms with Gasteiger partial charge in [-0.3, -0.25) is 9.59 Å². The van der Waals surface area contributed by atoms with Crippen LogP contribution >= 0.6 is 0 Å². The minimum absolute atomic E-state index is 0.172. The van der Waals surface area contributed by atoms with E-state index in [1.807, 2.05) is 0 Å². The molecule has 1 unspecified atom stereocenters. The average Bonchev–Trinajstić information content (AvgIpc) is 2.28. The Morgan fingerprint density at radius 1 is 1.19 bits per heavy atom. The molecule has 16 heavy (non-hydrogen) atoms. The van der Waals surface area contributed by atoms with Crippen molar-refractivity contribution in [2.45, 2.75) is 46.0 Å². The van der Waals surface area contributed by atoms with Crippen molar-refractivity contribution in [1.29, 1.82) is 0 Å². The molecule has 0 saturated carbocycles. The van der Waals surface area contributed by atoms with Crippen LogP contribution in [0, 0.1) is 5.92 Å². The van der Waals surface area contributed by atoms with Gasteiger partial charge in [0, 0.05) is 6.42 Å². The largest absolute Gasteiger partial charge is 0.469 e. The van der Waals surface area contributed by atoms with Crippen LogP contribution < -0.4 is 0 Å². The van der Waals surface area contributed by atoms with E-state index in [9.17, 15) is 9.59 Å². The Kier molecular flexibility index (Phi) is 8.58. The topological polar surface area (TPSA) is 52.6 Å². The normalized spacial score (nSPS) is 11.9. The van der Waals surface area contributed by atoms with Gasteiger partial charge in [0.1, 0.15) is 0 Å². The molecule has 0 N–H and O–H groups in total. The van der Waals surface area contributed by atoms with Crippen LogP contribution in [0.2, 0.25) is 0 Å². The third-order valence-electron chi connectivity index (χ3n) is 2.44. The number of carbonyl (C=O) groups is 2. The van der Waals surface area contributed by atoms with Crippen LogP contribution in [-0.2, 0) is 19.1 Å². The minimum atomic E-state index is -0.243.